The molecule has 258 valence electrons. The van der Waals surface area contributed by atoms with E-state index in [1.807, 2.05) is 42.5 Å². The van der Waals surface area contributed by atoms with E-state index in [1.165, 1.54) is 6.08 Å². The van der Waals surface area contributed by atoms with Gasteiger partial charge in [-0.1, -0.05) is 75.0 Å². The Kier molecular flexibility index (Phi) is 13.9. The van der Waals surface area contributed by atoms with Gasteiger partial charge in [0.1, 0.15) is 36.9 Å². The molecule has 1 unspecified atom stereocenters. The molecule has 2 aromatic rings. The van der Waals surface area contributed by atoms with Crippen LogP contribution in [0.25, 0.3) is 0 Å². The molecule has 4 atom stereocenters. The summed E-state index contributed by atoms with van der Waals surface area (Å²) in [5, 5.41) is 8.00. The summed E-state index contributed by atoms with van der Waals surface area (Å²) in [6.45, 7) is 12.1. The van der Waals surface area contributed by atoms with Gasteiger partial charge in [0.05, 0.1) is 5.69 Å². The molecule has 0 saturated heterocycles. The van der Waals surface area contributed by atoms with Crippen molar-refractivity contribution in [1.29, 1.82) is 0 Å². The standard InChI is InChI=1S/C36H46N4O8/c1-7-19-46-34(44)31(23(2)3)40-32(42)28(17-18-30(41)48-36(4,5)6)38-33(43)29(20-25-21-37-27-16-12-11-15-26(25)27)39-35(45)47-22-24-13-9-8-10-14-24/h7-16,21,23,25,28-29,31H,1,17-20,22H2,2-6H3,(H,38,43)(H,39,45)(H,40,42)/t25?,28-,29-,31-/m0/s1. The predicted molar refractivity (Wildman–Crippen MR) is 180 cm³/mol. The molecule has 1 aliphatic heterocycles. The second kappa shape index (κ2) is 17.8. The second-order valence-corrected chi connectivity index (χ2v) is 12.8. The summed E-state index contributed by atoms with van der Waals surface area (Å²) >= 11 is 0. The molecule has 12 nitrogen and oxygen atoms in total. The largest absolute Gasteiger partial charge is 0.460 e. The summed E-state index contributed by atoms with van der Waals surface area (Å²) in [5.41, 5.74) is 1.64. The number of hydrogen-bond acceptors (Lipinski definition) is 9. The normalized spacial score (nSPS) is 15.3. The maximum absolute atomic E-state index is 13.9. The fourth-order valence-electron chi connectivity index (χ4n) is 4.93. The van der Waals surface area contributed by atoms with E-state index in [0.717, 1.165) is 16.8 Å². The van der Waals surface area contributed by atoms with Crippen LogP contribution in [-0.4, -0.2) is 66.4 Å². The van der Waals surface area contributed by atoms with Gasteiger partial charge in [0.2, 0.25) is 11.8 Å². The summed E-state index contributed by atoms with van der Waals surface area (Å²) in [6, 6.07) is 13.1. The Hall–Kier alpha value is -5.00. The highest BCUT2D eigenvalue weighted by Crippen LogP contribution is 2.34. The van der Waals surface area contributed by atoms with E-state index in [4.69, 9.17) is 14.2 Å². The molecule has 1 aliphatic rings. The number of rotatable bonds is 16. The highest BCUT2D eigenvalue weighted by atomic mass is 16.6. The van der Waals surface area contributed by atoms with Crippen molar-refractivity contribution in [3.8, 4) is 0 Å². The Bertz CT molecular complexity index is 1470. The van der Waals surface area contributed by atoms with Gasteiger partial charge in [-0.05, 0) is 56.7 Å². The zero-order valence-corrected chi connectivity index (χ0v) is 28.2. The quantitative estimate of drug-likeness (QED) is 0.133. The lowest BCUT2D eigenvalue weighted by atomic mass is 9.93. The lowest BCUT2D eigenvalue weighted by Crippen LogP contribution is -2.57. The molecule has 12 heteroatoms. The third-order valence-corrected chi connectivity index (χ3v) is 7.29. The number of amides is 3. The van der Waals surface area contributed by atoms with Crippen LogP contribution in [-0.2, 0) is 40.0 Å². The first-order chi connectivity index (χ1) is 22.8. The van der Waals surface area contributed by atoms with Crippen molar-refractivity contribution in [1.82, 2.24) is 16.0 Å². The molecule has 0 aromatic heterocycles. The van der Waals surface area contributed by atoms with Gasteiger partial charge in [0.15, 0.2) is 0 Å². The average Bonchev–Trinajstić information content (AvgIpc) is 3.45. The van der Waals surface area contributed by atoms with Crippen LogP contribution in [0.2, 0.25) is 0 Å². The molecule has 0 spiro atoms. The first-order valence-electron chi connectivity index (χ1n) is 16.0. The van der Waals surface area contributed by atoms with Crippen LogP contribution < -0.4 is 16.0 Å². The summed E-state index contributed by atoms with van der Waals surface area (Å²) in [4.78, 5) is 70.3. The molecule has 0 radical (unpaired) electrons. The highest BCUT2D eigenvalue weighted by molar-refractivity contribution is 5.94. The fraction of sp³-hybridized carbons (Fsp3) is 0.444. The number of hydrogen-bond donors (Lipinski definition) is 3. The number of nitrogens with zero attached hydrogens (tertiary/aromatic N) is 1. The minimum atomic E-state index is -1.27. The number of fused-ring (bicyclic) bond motifs is 1. The van der Waals surface area contributed by atoms with Crippen molar-refractivity contribution >= 4 is 41.7 Å². The molecule has 2 aromatic carbocycles. The van der Waals surface area contributed by atoms with Crippen LogP contribution in [0.4, 0.5) is 10.5 Å². The Balaban J connectivity index is 1.83. The van der Waals surface area contributed by atoms with Gasteiger partial charge in [0, 0.05) is 18.6 Å². The van der Waals surface area contributed by atoms with Crippen LogP contribution in [0.1, 0.15) is 70.9 Å². The molecule has 0 aliphatic carbocycles. The van der Waals surface area contributed by atoms with Gasteiger partial charge in [-0.15, -0.1) is 0 Å². The first kappa shape index (κ1) is 37.5. The lowest BCUT2D eigenvalue weighted by Gasteiger charge is -2.27. The van der Waals surface area contributed by atoms with E-state index in [1.54, 1.807) is 53.0 Å². The van der Waals surface area contributed by atoms with Gasteiger partial charge in [-0.2, -0.15) is 0 Å². The minimum absolute atomic E-state index is 0.0196. The topological polar surface area (TPSA) is 161 Å². The SMILES string of the molecule is C=CCOC(=O)[C@@H](NC(=O)[C@H](CCC(=O)OC(C)(C)C)NC(=O)[C@H](CC1C=Nc2ccccc21)NC(=O)OCc1ccccc1)C(C)C. The summed E-state index contributed by atoms with van der Waals surface area (Å²) in [6.07, 6.45) is 2.04. The maximum Gasteiger partial charge on any atom is 0.408 e. The molecule has 3 rings (SSSR count). The lowest BCUT2D eigenvalue weighted by molar-refractivity contribution is -0.155. The molecule has 3 N–H and O–H groups in total. The number of benzene rings is 2. The number of para-hydroxylation sites is 1. The third kappa shape index (κ3) is 12.0. The predicted octanol–water partition coefficient (Wildman–Crippen LogP) is 4.65. The number of esters is 2. The van der Waals surface area contributed by atoms with Crippen molar-refractivity contribution in [2.45, 2.75) is 90.1 Å². The van der Waals surface area contributed by atoms with Crippen molar-refractivity contribution in [2.24, 2.45) is 10.9 Å². The molecule has 1 heterocycles. The monoisotopic (exact) mass is 662 g/mol. The molecule has 0 bridgehead atoms. The summed E-state index contributed by atoms with van der Waals surface area (Å²) in [7, 11) is 0. The van der Waals surface area contributed by atoms with Crippen molar-refractivity contribution in [3.63, 3.8) is 0 Å². The van der Waals surface area contributed by atoms with E-state index in [9.17, 15) is 24.0 Å². The Morgan fingerprint density at radius 3 is 2.23 bits per heavy atom. The number of aliphatic imine (C=N–C) groups is 1. The zero-order valence-electron chi connectivity index (χ0n) is 28.2. The number of carbonyl (C=O) groups is 5. The molecular weight excluding hydrogens is 616 g/mol. The molecule has 0 fully saturated rings. The second-order valence-electron chi connectivity index (χ2n) is 12.8. The Morgan fingerprint density at radius 1 is 0.896 bits per heavy atom. The molecule has 48 heavy (non-hydrogen) atoms. The number of ether oxygens (including phenoxy) is 3. The van der Waals surface area contributed by atoms with Crippen molar-refractivity contribution in [3.05, 3.63) is 78.4 Å². The number of alkyl carbamates (subject to hydrolysis) is 1. The Morgan fingerprint density at radius 2 is 1.56 bits per heavy atom. The zero-order chi connectivity index (χ0) is 35.3. The number of nitrogens with one attached hydrogen (secondary N) is 3. The van der Waals surface area contributed by atoms with Gasteiger partial charge < -0.3 is 30.2 Å². The summed E-state index contributed by atoms with van der Waals surface area (Å²) in [5.74, 6) is -3.31. The van der Waals surface area contributed by atoms with Crippen LogP contribution in [0, 0.1) is 5.92 Å². The highest BCUT2D eigenvalue weighted by Gasteiger charge is 2.34. The first-order valence-corrected chi connectivity index (χ1v) is 16.0. The molecular formula is C36H46N4O8. The van der Waals surface area contributed by atoms with Crippen LogP contribution in [0.5, 0.6) is 0 Å². The van der Waals surface area contributed by atoms with Gasteiger partial charge in [0.25, 0.3) is 0 Å². The van der Waals surface area contributed by atoms with Gasteiger partial charge in [-0.25, -0.2) is 9.59 Å². The van der Waals surface area contributed by atoms with E-state index in [0.29, 0.717) is 0 Å². The maximum atomic E-state index is 13.9. The van der Waals surface area contributed by atoms with E-state index < -0.39 is 53.6 Å². The minimum Gasteiger partial charge on any atom is -0.460 e. The molecule has 3 amide bonds. The van der Waals surface area contributed by atoms with E-state index in [-0.39, 0.29) is 44.3 Å². The van der Waals surface area contributed by atoms with E-state index >= 15 is 0 Å². The number of carbonyl (C=O) groups excluding carboxylic acids is 5. The fourth-order valence-corrected chi connectivity index (χ4v) is 4.93. The van der Waals surface area contributed by atoms with Crippen LogP contribution in [0.3, 0.4) is 0 Å². The van der Waals surface area contributed by atoms with Crippen LogP contribution in [0.15, 0.2) is 72.2 Å². The Labute approximate surface area is 281 Å². The smallest absolute Gasteiger partial charge is 0.408 e. The third-order valence-electron chi connectivity index (χ3n) is 7.29. The van der Waals surface area contributed by atoms with Crippen molar-refractivity contribution in [2.75, 3.05) is 6.61 Å². The summed E-state index contributed by atoms with van der Waals surface area (Å²) < 4.78 is 16.0. The average molecular weight is 663 g/mol. The van der Waals surface area contributed by atoms with Crippen LogP contribution >= 0.6 is 0 Å². The van der Waals surface area contributed by atoms with E-state index in [2.05, 4.69) is 27.5 Å². The van der Waals surface area contributed by atoms with Gasteiger partial charge >= 0.3 is 18.0 Å². The molecule has 0 saturated carbocycles. The van der Waals surface area contributed by atoms with Gasteiger partial charge in [-0.3, -0.25) is 19.4 Å². The van der Waals surface area contributed by atoms with Crippen molar-refractivity contribution < 1.29 is 38.2 Å².